The summed E-state index contributed by atoms with van der Waals surface area (Å²) < 4.78 is 11.1. The van der Waals surface area contributed by atoms with E-state index < -0.39 is 11.8 Å². The molecule has 0 bridgehead atoms. The molecule has 0 amide bonds. The summed E-state index contributed by atoms with van der Waals surface area (Å²) >= 11 is 0. The fourth-order valence-electron chi connectivity index (χ4n) is 2.20. The van der Waals surface area contributed by atoms with Gasteiger partial charge in [-0.3, -0.25) is 4.79 Å². The third kappa shape index (κ3) is 1.44. The molecule has 1 aliphatic heterocycles. The Bertz CT molecular complexity index is 236. The van der Waals surface area contributed by atoms with Crippen molar-refractivity contribution in [3.8, 4) is 0 Å². The van der Waals surface area contributed by atoms with Gasteiger partial charge >= 0.3 is 5.97 Å². The van der Waals surface area contributed by atoms with E-state index in [1.807, 2.05) is 13.8 Å². The maximum Gasteiger partial charge on any atom is 0.309 e. The molecule has 13 heavy (non-hydrogen) atoms. The van der Waals surface area contributed by atoms with Crippen molar-refractivity contribution in [3.63, 3.8) is 0 Å². The molecule has 0 aromatic rings. The summed E-state index contributed by atoms with van der Waals surface area (Å²) in [6, 6.07) is 0. The highest BCUT2D eigenvalue weighted by molar-refractivity contribution is 5.71. The van der Waals surface area contributed by atoms with Crippen molar-refractivity contribution in [2.45, 2.75) is 44.7 Å². The first-order chi connectivity index (χ1) is 5.99. The molecule has 2 fully saturated rings. The molecule has 0 spiro atoms. The fraction of sp³-hybridized carbons (Fsp3) is 0.889. The fourth-order valence-corrected chi connectivity index (χ4v) is 2.20. The molecule has 0 aromatic heterocycles. The van der Waals surface area contributed by atoms with Crippen molar-refractivity contribution in [1.82, 2.24) is 0 Å². The molecule has 0 aromatic carbocycles. The van der Waals surface area contributed by atoms with Crippen molar-refractivity contribution >= 4 is 5.97 Å². The molecular formula is C9H14O4. The first-order valence-electron chi connectivity index (χ1n) is 4.58. The lowest BCUT2D eigenvalue weighted by Crippen LogP contribution is -2.29. The molecule has 74 valence electrons. The molecule has 2 rings (SSSR count). The summed E-state index contributed by atoms with van der Waals surface area (Å²) in [5, 5.41) is 8.89. The smallest absolute Gasteiger partial charge is 0.309 e. The molecule has 4 heteroatoms. The summed E-state index contributed by atoms with van der Waals surface area (Å²) in [5.41, 5.74) is 0. The number of carboxylic acids is 1. The van der Waals surface area contributed by atoms with E-state index in [1.165, 1.54) is 0 Å². The zero-order valence-electron chi connectivity index (χ0n) is 7.82. The van der Waals surface area contributed by atoms with Gasteiger partial charge in [0.05, 0.1) is 12.0 Å². The van der Waals surface area contributed by atoms with Crippen LogP contribution in [0.2, 0.25) is 0 Å². The third-order valence-corrected chi connectivity index (χ3v) is 2.70. The van der Waals surface area contributed by atoms with Crippen molar-refractivity contribution < 1.29 is 19.4 Å². The molecule has 4 nitrogen and oxygen atoms in total. The maximum absolute atomic E-state index is 10.8. The Labute approximate surface area is 76.8 Å². The van der Waals surface area contributed by atoms with Crippen LogP contribution in [0.3, 0.4) is 0 Å². The van der Waals surface area contributed by atoms with Crippen LogP contribution in [0.5, 0.6) is 0 Å². The van der Waals surface area contributed by atoms with Crippen LogP contribution in [0, 0.1) is 5.92 Å². The summed E-state index contributed by atoms with van der Waals surface area (Å²) in [6.45, 7) is 3.65. The predicted octanol–water partition coefficient (Wildman–Crippen LogP) is 1.00. The van der Waals surface area contributed by atoms with E-state index in [2.05, 4.69) is 0 Å². The van der Waals surface area contributed by atoms with Gasteiger partial charge in [0.15, 0.2) is 5.79 Å². The minimum absolute atomic E-state index is 0.0175. The van der Waals surface area contributed by atoms with E-state index in [-0.39, 0.29) is 18.1 Å². The topological polar surface area (TPSA) is 55.8 Å². The van der Waals surface area contributed by atoms with Gasteiger partial charge in [0, 0.05) is 0 Å². The van der Waals surface area contributed by atoms with Gasteiger partial charge in [-0.05, 0) is 26.7 Å². The third-order valence-electron chi connectivity index (χ3n) is 2.70. The van der Waals surface area contributed by atoms with Gasteiger partial charge in [0.25, 0.3) is 0 Å². The molecule has 1 N–H and O–H groups in total. The summed E-state index contributed by atoms with van der Waals surface area (Å²) in [4.78, 5) is 10.8. The summed E-state index contributed by atoms with van der Waals surface area (Å²) in [7, 11) is 0. The van der Waals surface area contributed by atoms with Crippen LogP contribution in [0.15, 0.2) is 0 Å². The lowest BCUT2D eigenvalue weighted by atomic mass is 10.1. The predicted molar refractivity (Wildman–Crippen MR) is 44.2 cm³/mol. The largest absolute Gasteiger partial charge is 0.481 e. The van der Waals surface area contributed by atoms with Crippen molar-refractivity contribution in [1.29, 1.82) is 0 Å². The Morgan fingerprint density at radius 1 is 1.38 bits per heavy atom. The molecule has 1 heterocycles. The van der Waals surface area contributed by atoms with Crippen LogP contribution in [-0.4, -0.2) is 29.1 Å². The van der Waals surface area contributed by atoms with Crippen molar-refractivity contribution in [2.75, 3.05) is 0 Å². The van der Waals surface area contributed by atoms with Crippen molar-refractivity contribution in [2.24, 2.45) is 5.92 Å². The Balaban J connectivity index is 2.12. The number of hydrogen-bond donors (Lipinski definition) is 1. The second-order valence-electron chi connectivity index (χ2n) is 4.16. The van der Waals surface area contributed by atoms with Crippen LogP contribution >= 0.6 is 0 Å². The average Bonchev–Trinajstić information content (AvgIpc) is 2.41. The van der Waals surface area contributed by atoms with Gasteiger partial charge in [-0.1, -0.05) is 0 Å². The Hall–Kier alpha value is -0.610. The summed E-state index contributed by atoms with van der Waals surface area (Å²) in [6.07, 6.45) is 1.20. The molecular weight excluding hydrogens is 172 g/mol. The van der Waals surface area contributed by atoms with Gasteiger partial charge in [-0.25, -0.2) is 0 Å². The SMILES string of the molecule is CC1(C)OC2CCC(C(=O)O)C2O1. The van der Waals surface area contributed by atoms with Crippen LogP contribution in [0.1, 0.15) is 26.7 Å². The minimum Gasteiger partial charge on any atom is -0.481 e. The quantitative estimate of drug-likeness (QED) is 0.663. The summed E-state index contributed by atoms with van der Waals surface area (Å²) in [5.74, 6) is -1.76. The Kier molecular flexibility index (Phi) is 1.85. The zero-order chi connectivity index (χ0) is 9.64. The molecule has 1 saturated carbocycles. The van der Waals surface area contributed by atoms with Gasteiger partial charge < -0.3 is 14.6 Å². The molecule has 1 saturated heterocycles. The Morgan fingerprint density at radius 2 is 2.08 bits per heavy atom. The number of aliphatic carboxylic acids is 1. The van der Waals surface area contributed by atoms with E-state index in [1.54, 1.807) is 0 Å². The van der Waals surface area contributed by atoms with Crippen LogP contribution in [-0.2, 0) is 14.3 Å². The van der Waals surface area contributed by atoms with E-state index in [4.69, 9.17) is 14.6 Å². The average molecular weight is 186 g/mol. The van der Waals surface area contributed by atoms with Crippen LogP contribution in [0.4, 0.5) is 0 Å². The van der Waals surface area contributed by atoms with Crippen molar-refractivity contribution in [3.05, 3.63) is 0 Å². The second-order valence-corrected chi connectivity index (χ2v) is 4.16. The molecule has 0 radical (unpaired) electrons. The monoisotopic (exact) mass is 186 g/mol. The first kappa shape index (κ1) is 8.97. The van der Waals surface area contributed by atoms with Crippen LogP contribution < -0.4 is 0 Å². The standard InChI is InChI=1S/C9H14O4/c1-9(2)12-6-4-3-5(8(10)11)7(6)13-9/h5-7H,3-4H2,1-2H3,(H,10,11). The number of rotatable bonds is 1. The normalized spacial score (nSPS) is 41.8. The lowest BCUT2D eigenvalue weighted by molar-refractivity contribution is -0.165. The Morgan fingerprint density at radius 3 is 2.69 bits per heavy atom. The highest BCUT2D eigenvalue weighted by Gasteiger charge is 2.51. The molecule has 1 aliphatic carbocycles. The molecule has 3 unspecified atom stereocenters. The van der Waals surface area contributed by atoms with E-state index in [9.17, 15) is 4.79 Å². The van der Waals surface area contributed by atoms with E-state index >= 15 is 0 Å². The highest BCUT2D eigenvalue weighted by Crippen LogP contribution is 2.41. The molecule has 3 atom stereocenters. The number of ether oxygens (including phenoxy) is 2. The highest BCUT2D eigenvalue weighted by atomic mass is 16.8. The number of fused-ring (bicyclic) bond motifs is 1. The maximum atomic E-state index is 10.8. The number of carboxylic acid groups (broad SMARTS) is 1. The number of carbonyl (C=O) groups is 1. The second kappa shape index (κ2) is 2.69. The van der Waals surface area contributed by atoms with Gasteiger partial charge in [-0.15, -0.1) is 0 Å². The minimum atomic E-state index is -0.770. The van der Waals surface area contributed by atoms with Gasteiger partial charge in [0.2, 0.25) is 0 Å². The van der Waals surface area contributed by atoms with Crippen LogP contribution in [0.25, 0.3) is 0 Å². The van der Waals surface area contributed by atoms with Gasteiger partial charge in [-0.2, -0.15) is 0 Å². The molecule has 2 aliphatic rings. The lowest BCUT2D eigenvalue weighted by Gasteiger charge is -2.19. The van der Waals surface area contributed by atoms with Gasteiger partial charge in [0.1, 0.15) is 6.10 Å². The van der Waals surface area contributed by atoms with E-state index in [0.29, 0.717) is 6.42 Å². The number of hydrogen-bond acceptors (Lipinski definition) is 3. The first-order valence-corrected chi connectivity index (χ1v) is 4.58. The van der Waals surface area contributed by atoms with E-state index in [0.717, 1.165) is 6.42 Å². The zero-order valence-corrected chi connectivity index (χ0v) is 7.82.